The van der Waals surface area contributed by atoms with Gasteiger partial charge in [0.1, 0.15) is 6.54 Å². The van der Waals surface area contributed by atoms with Crippen molar-refractivity contribution in [3.05, 3.63) is 53.9 Å². The molecule has 1 aliphatic rings. The first-order chi connectivity index (χ1) is 11.9. The smallest absolute Gasteiger partial charge is 0.354 e. The van der Waals surface area contributed by atoms with Gasteiger partial charge in [0.05, 0.1) is 0 Å². The maximum absolute atomic E-state index is 12.6. The third kappa shape index (κ3) is 4.03. The monoisotopic (exact) mass is 351 g/mol. The Bertz CT molecular complexity index is 719. The van der Waals surface area contributed by atoms with E-state index in [1.807, 2.05) is 18.2 Å². The molecule has 1 aromatic heterocycles. The quantitative estimate of drug-likeness (QED) is 0.896. The average Bonchev–Trinajstić information content (AvgIpc) is 3.23. The summed E-state index contributed by atoms with van der Waals surface area (Å²) in [5, 5.41) is 6.29. The zero-order chi connectivity index (χ0) is 17.9. The molecule has 7 heteroatoms. The molecule has 0 atom stereocenters. The van der Waals surface area contributed by atoms with Crippen LogP contribution >= 0.6 is 0 Å². The zero-order valence-corrected chi connectivity index (χ0v) is 13.7. The average molecular weight is 351 g/mol. The maximum atomic E-state index is 12.6. The molecule has 1 N–H and O–H groups in total. The van der Waals surface area contributed by atoms with Gasteiger partial charge in [0, 0.05) is 18.2 Å². The Hall–Kier alpha value is -2.31. The van der Waals surface area contributed by atoms with E-state index >= 15 is 0 Å². The fourth-order valence-electron chi connectivity index (χ4n) is 3.48. The second-order valence-electron chi connectivity index (χ2n) is 6.53. The van der Waals surface area contributed by atoms with Crippen molar-refractivity contribution < 1.29 is 18.0 Å². The number of rotatable bonds is 5. The third-order valence-corrected chi connectivity index (χ3v) is 4.81. The molecule has 134 valence electrons. The third-order valence-electron chi connectivity index (χ3n) is 4.81. The van der Waals surface area contributed by atoms with Gasteiger partial charge in [0.2, 0.25) is 5.91 Å². The van der Waals surface area contributed by atoms with Gasteiger partial charge in [-0.05, 0) is 24.5 Å². The molecule has 1 heterocycles. The summed E-state index contributed by atoms with van der Waals surface area (Å²) in [6, 6.07) is 10.9. The number of amides is 1. The molecule has 1 fully saturated rings. The number of aromatic nitrogens is 2. The van der Waals surface area contributed by atoms with Crippen LogP contribution in [0.2, 0.25) is 0 Å². The summed E-state index contributed by atoms with van der Waals surface area (Å²) < 4.78 is 38.7. The van der Waals surface area contributed by atoms with E-state index in [0.717, 1.165) is 36.4 Å². The lowest BCUT2D eigenvalue weighted by molar-refractivity contribution is -0.141. The molecule has 0 radical (unpaired) electrons. The SMILES string of the molecule is O=C(Cn1ccc(C(F)(F)F)n1)NCC1(c2ccccc2)CCCC1. The number of halogens is 3. The molecule has 1 aliphatic carbocycles. The number of alkyl halides is 3. The summed E-state index contributed by atoms with van der Waals surface area (Å²) in [4.78, 5) is 12.1. The minimum Gasteiger partial charge on any atom is -0.354 e. The molecular formula is C18H20F3N3O. The number of nitrogens with one attached hydrogen (secondary N) is 1. The number of benzene rings is 1. The van der Waals surface area contributed by atoms with Gasteiger partial charge in [0.25, 0.3) is 0 Å². The van der Waals surface area contributed by atoms with Gasteiger partial charge in [-0.25, -0.2) is 0 Å². The molecule has 3 rings (SSSR count). The van der Waals surface area contributed by atoms with Crippen LogP contribution in [0, 0.1) is 0 Å². The van der Waals surface area contributed by atoms with Crippen molar-refractivity contribution in [1.29, 1.82) is 0 Å². The van der Waals surface area contributed by atoms with Crippen LogP contribution in [0.15, 0.2) is 42.6 Å². The normalized spacial score (nSPS) is 16.8. The van der Waals surface area contributed by atoms with Gasteiger partial charge in [-0.2, -0.15) is 18.3 Å². The maximum Gasteiger partial charge on any atom is 0.435 e. The van der Waals surface area contributed by atoms with Crippen molar-refractivity contribution in [1.82, 2.24) is 15.1 Å². The van der Waals surface area contributed by atoms with E-state index in [1.165, 1.54) is 11.8 Å². The van der Waals surface area contributed by atoms with E-state index < -0.39 is 11.9 Å². The van der Waals surface area contributed by atoms with E-state index in [2.05, 4.69) is 22.5 Å². The summed E-state index contributed by atoms with van der Waals surface area (Å²) in [5.41, 5.74) is 0.126. The molecule has 0 bridgehead atoms. The topological polar surface area (TPSA) is 46.9 Å². The van der Waals surface area contributed by atoms with E-state index in [1.54, 1.807) is 0 Å². The second-order valence-corrected chi connectivity index (χ2v) is 6.53. The minimum absolute atomic E-state index is 0.0852. The van der Waals surface area contributed by atoms with Gasteiger partial charge >= 0.3 is 6.18 Å². The molecule has 0 unspecified atom stereocenters. The Balaban J connectivity index is 1.62. The van der Waals surface area contributed by atoms with Crippen molar-refractivity contribution in [2.24, 2.45) is 0 Å². The van der Waals surface area contributed by atoms with Crippen LogP contribution in [0.4, 0.5) is 13.2 Å². The van der Waals surface area contributed by atoms with Crippen molar-refractivity contribution in [2.45, 2.75) is 43.8 Å². The molecule has 25 heavy (non-hydrogen) atoms. The highest BCUT2D eigenvalue weighted by Gasteiger charge is 2.36. The fraction of sp³-hybridized carbons (Fsp3) is 0.444. The van der Waals surface area contributed by atoms with Crippen LogP contribution in [-0.4, -0.2) is 22.2 Å². The standard InChI is InChI=1S/C18H20F3N3O/c19-18(20,21)15-8-11-24(23-15)12-16(25)22-13-17(9-4-5-10-17)14-6-2-1-3-7-14/h1-3,6-8,11H,4-5,9-10,12-13H2,(H,22,25). The zero-order valence-electron chi connectivity index (χ0n) is 13.7. The number of hydrogen-bond acceptors (Lipinski definition) is 2. The fourth-order valence-corrected chi connectivity index (χ4v) is 3.48. The Morgan fingerprint density at radius 2 is 1.84 bits per heavy atom. The molecule has 0 spiro atoms. The first-order valence-electron chi connectivity index (χ1n) is 8.32. The van der Waals surface area contributed by atoms with Crippen molar-refractivity contribution >= 4 is 5.91 Å². The Morgan fingerprint density at radius 1 is 1.16 bits per heavy atom. The summed E-state index contributed by atoms with van der Waals surface area (Å²) in [5.74, 6) is -0.334. The van der Waals surface area contributed by atoms with Crippen LogP contribution in [0.5, 0.6) is 0 Å². The van der Waals surface area contributed by atoms with E-state index in [-0.39, 0.29) is 17.9 Å². The Morgan fingerprint density at radius 3 is 2.44 bits per heavy atom. The molecule has 1 aromatic carbocycles. The lowest BCUT2D eigenvalue weighted by atomic mass is 9.79. The number of carbonyl (C=O) groups excluding carboxylic acids is 1. The number of hydrogen-bond donors (Lipinski definition) is 1. The number of nitrogens with zero attached hydrogens (tertiary/aromatic N) is 2. The molecule has 4 nitrogen and oxygen atoms in total. The second kappa shape index (κ2) is 6.90. The van der Waals surface area contributed by atoms with Crippen LogP contribution in [-0.2, 0) is 22.9 Å². The van der Waals surface area contributed by atoms with Crippen LogP contribution in [0.3, 0.4) is 0 Å². The van der Waals surface area contributed by atoms with Gasteiger partial charge in [-0.3, -0.25) is 9.48 Å². The van der Waals surface area contributed by atoms with Gasteiger partial charge in [0.15, 0.2) is 5.69 Å². The van der Waals surface area contributed by atoms with E-state index in [4.69, 9.17) is 0 Å². The van der Waals surface area contributed by atoms with E-state index in [9.17, 15) is 18.0 Å². The predicted octanol–water partition coefficient (Wildman–Crippen LogP) is 3.53. The summed E-state index contributed by atoms with van der Waals surface area (Å²) in [7, 11) is 0. The largest absolute Gasteiger partial charge is 0.435 e. The minimum atomic E-state index is -4.50. The molecule has 1 saturated carbocycles. The molecule has 0 saturated heterocycles. The van der Waals surface area contributed by atoms with Gasteiger partial charge in [-0.1, -0.05) is 43.2 Å². The van der Waals surface area contributed by atoms with E-state index in [0.29, 0.717) is 6.54 Å². The van der Waals surface area contributed by atoms with Crippen molar-refractivity contribution in [2.75, 3.05) is 6.54 Å². The highest BCUT2D eigenvalue weighted by atomic mass is 19.4. The summed E-state index contributed by atoms with van der Waals surface area (Å²) in [6.07, 6.45) is 0.889. The van der Waals surface area contributed by atoms with Crippen molar-refractivity contribution in [3.8, 4) is 0 Å². The molecule has 1 amide bonds. The number of carbonyl (C=O) groups is 1. The lowest BCUT2D eigenvalue weighted by Crippen LogP contribution is -2.40. The highest BCUT2D eigenvalue weighted by Crippen LogP contribution is 2.40. The summed E-state index contributed by atoms with van der Waals surface area (Å²) in [6.45, 7) is 0.268. The summed E-state index contributed by atoms with van der Waals surface area (Å²) >= 11 is 0. The first-order valence-corrected chi connectivity index (χ1v) is 8.32. The van der Waals surface area contributed by atoms with Crippen LogP contribution in [0.25, 0.3) is 0 Å². The van der Waals surface area contributed by atoms with Crippen molar-refractivity contribution in [3.63, 3.8) is 0 Å². The van der Waals surface area contributed by atoms with Crippen LogP contribution in [0.1, 0.15) is 36.9 Å². The Labute approximate surface area is 144 Å². The van der Waals surface area contributed by atoms with Gasteiger partial charge < -0.3 is 5.32 Å². The first kappa shape index (κ1) is 17.5. The molecule has 2 aromatic rings. The van der Waals surface area contributed by atoms with Crippen LogP contribution < -0.4 is 5.32 Å². The predicted molar refractivity (Wildman–Crippen MR) is 86.8 cm³/mol. The van der Waals surface area contributed by atoms with Gasteiger partial charge in [-0.15, -0.1) is 0 Å². The lowest BCUT2D eigenvalue weighted by Gasteiger charge is -2.30. The Kier molecular flexibility index (Phi) is 4.83. The molecule has 0 aliphatic heterocycles. The molecular weight excluding hydrogens is 331 g/mol. The highest BCUT2D eigenvalue weighted by molar-refractivity contribution is 5.75.